The van der Waals surface area contributed by atoms with Gasteiger partial charge in [-0.3, -0.25) is 4.90 Å². The molecule has 1 atom stereocenters. The van der Waals surface area contributed by atoms with E-state index in [0.29, 0.717) is 6.10 Å². The van der Waals surface area contributed by atoms with E-state index in [-0.39, 0.29) is 0 Å². The zero-order chi connectivity index (χ0) is 13.9. The summed E-state index contributed by atoms with van der Waals surface area (Å²) in [5, 5.41) is 0. The quantitative estimate of drug-likeness (QED) is 0.843. The first-order chi connectivity index (χ1) is 9.72. The molecule has 0 saturated carbocycles. The summed E-state index contributed by atoms with van der Waals surface area (Å²) in [6.07, 6.45) is 2.90. The molecule has 3 heteroatoms. The Morgan fingerprint density at radius 2 is 2.00 bits per heavy atom. The predicted octanol–water partition coefficient (Wildman–Crippen LogP) is 2.79. The van der Waals surface area contributed by atoms with Crippen LogP contribution in [0.15, 0.2) is 18.2 Å². The van der Waals surface area contributed by atoms with Crippen molar-refractivity contribution in [3.05, 3.63) is 29.3 Å². The van der Waals surface area contributed by atoms with E-state index in [0.717, 1.165) is 38.0 Å². The highest BCUT2D eigenvalue weighted by atomic mass is 16.5. The topological polar surface area (TPSA) is 21.7 Å². The van der Waals surface area contributed by atoms with Gasteiger partial charge in [0.15, 0.2) is 0 Å². The maximum absolute atomic E-state index is 6.16. The van der Waals surface area contributed by atoms with Crippen LogP contribution in [0.2, 0.25) is 0 Å². The minimum absolute atomic E-state index is 0.360. The van der Waals surface area contributed by atoms with E-state index in [1.807, 2.05) is 0 Å². The van der Waals surface area contributed by atoms with Crippen LogP contribution in [0.3, 0.4) is 0 Å². The van der Waals surface area contributed by atoms with Gasteiger partial charge in [0.1, 0.15) is 11.9 Å². The number of hydrogen-bond donors (Lipinski definition) is 0. The lowest BCUT2D eigenvalue weighted by Crippen LogP contribution is -2.55. The van der Waals surface area contributed by atoms with Crippen LogP contribution in [0, 0.1) is 19.8 Å². The molecule has 2 heterocycles. The van der Waals surface area contributed by atoms with Crippen LogP contribution in [-0.4, -0.2) is 43.9 Å². The van der Waals surface area contributed by atoms with Crippen molar-refractivity contribution in [3.63, 3.8) is 0 Å². The first-order valence-electron chi connectivity index (χ1n) is 7.75. The van der Waals surface area contributed by atoms with Gasteiger partial charge in [-0.05, 0) is 43.7 Å². The van der Waals surface area contributed by atoms with Crippen molar-refractivity contribution in [3.8, 4) is 5.75 Å². The number of hydrogen-bond acceptors (Lipinski definition) is 3. The second-order valence-corrected chi connectivity index (χ2v) is 6.26. The highest BCUT2D eigenvalue weighted by Gasteiger charge is 2.31. The van der Waals surface area contributed by atoms with Crippen LogP contribution < -0.4 is 4.74 Å². The van der Waals surface area contributed by atoms with E-state index >= 15 is 0 Å². The van der Waals surface area contributed by atoms with Gasteiger partial charge in [0.25, 0.3) is 0 Å². The fourth-order valence-corrected chi connectivity index (χ4v) is 3.21. The molecule has 1 aromatic rings. The minimum Gasteiger partial charge on any atom is -0.487 e. The Balaban J connectivity index is 1.46. The lowest BCUT2D eigenvalue weighted by Gasteiger charge is -2.41. The van der Waals surface area contributed by atoms with Crippen molar-refractivity contribution >= 4 is 0 Å². The van der Waals surface area contributed by atoms with Gasteiger partial charge >= 0.3 is 0 Å². The summed E-state index contributed by atoms with van der Waals surface area (Å²) in [7, 11) is 0. The minimum atomic E-state index is 0.360. The summed E-state index contributed by atoms with van der Waals surface area (Å²) in [6, 6.07) is 6.34. The van der Waals surface area contributed by atoms with Gasteiger partial charge in [0, 0.05) is 26.2 Å². The van der Waals surface area contributed by atoms with Crippen LogP contribution in [0.5, 0.6) is 5.75 Å². The highest BCUT2D eigenvalue weighted by Crippen LogP contribution is 2.26. The third-order valence-corrected chi connectivity index (χ3v) is 4.39. The molecule has 110 valence electrons. The molecule has 2 saturated heterocycles. The second kappa shape index (κ2) is 6.15. The molecule has 0 aliphatic carbocycles. The molecule has 2 fully saturated rings. The predicted molar refractivity (Wildman–Crippen MR) is 80.3 cm³/mol. The molecule has 2 aliphatic heterocycles. The number of nitrogens with zero attached hydrogens (tertiary/aromatic N) is 1. The second-order valence-electron chi connectivity index (χ2n) is 6.26. The van der Waals surface area contributed by atoms with Crippen molar-refractivity contribution in [1.29, 1.82) is 0 Å². The Morgan fingerprint density at radius 1 is 1.25 bits per heavy atom. The Hall–Kier alpha value is -1.06. The summed E-state index contributed by atoms with van der Waals surface area (Å²) in [5.41, 5.74) is 2.48. The van der Waals surface area contributed by atoms with E-state index in [1.54, 1.807) is 0 Å². The average Bonchev–Trinajstić information content (AvgIpc) is 2.41. The number of para-hydroxylation sites is 1. The molecule has 1 aromatic carbocycles. The zero-order valence-corrected chi connectivity index (χ0v) is 12.6. The van der Waals surface area contributed by atoms with Crippen LogP contribution in [-0.2, 0) is 4.74 Å². The Labute approximate surface area is 121 Å². The van der Waals surface area contributed by atoms with Gasteiger partial charge in [-0.25, -0.2) is 0 Å². The summed E-state index contributed by atoms with van der Waals surface area (Å²) < 4.78 is 11.7. The van der Waals surface area contributed by atoms with Crippen LogP contribution >= 0.6 is 0 Å². The summed E-state index contributed by atoms with van der Waals surface area (Å²) in [4.78, 5) is 2.50. The number of benzene rings is 1. The molecule has 0 amide bonds. The molecule has 20 heavy (non-hydrogen) atoms. The number of likely N-dealkylation sites (tertiary alicyclic amines) is 1. The van der Waals surface area contributed by atoms with E-state index in [2.05, 4.69) is 36.9 Å². The van der Waals surface area contributed by atoms with Crippen molar-refractivity contribution < 1.29 is 9.47 Å². The van der Waals surface area contributed by atoms with Crippen molar-refractivity contribution in [2.24, 2.45) is 5.92 Å². The third-order valence-electron chi connectivity index (χ3n) is 4.39. The standard InChI is InChI=1S/C17H25NO2/c1-13-5-3-6-14(2)17(13)20-16-10-18(11-16)9-15-7-4-8-19-12-15/h3,5-6,15-16H,4,7-12H2,1-2H3/t15-/m1/s1. The van der Waals surface area contributed by atoms with Gasteiger partial charge < -0.3 is 9.47 Å². The van der Waals surface area contributed by atoms with Gasteiger partial charge in [-0.1, -0.05) is 18.2 Å². The van der Waals surface area contributed by atoms with E-state index in [9.17, 15) is 0 Å². The first kappa shape index (κ1) is 13.9. The summed E-state index contributed by atoms with van der Waals surface area (Å²) >= 11 is 0. The molecular weight excluding hydrogens is 250 g/mol. The van der Waals surface area contributed by atoms with Gasteiger partial charge in [0.2, 0.25) is 0 Å². The normalized spacial score (nSPS) is 24.4. The molecule has 2 aliphatic rings. The highest BCUT2D eigenvalue weighted by molar-refractivity contribution is 5.40. The molecule has 0 spiro atoms. The van der Waals surface area contributed by atoms with Crippen molar-refractivity contribution in [1.82, 2.24) is 4.90 Å². The molecule has 0 N–H and O–H groups in total. The number of ether oxygens (including phenoxy) is 2. The maximum atomic E-state index is 6.16. The Bertz CT molecular complexity index is 428. The average molecular weight is 275 g/mol. The van der Waals surface area contributed by atoms with E-state index in [4.69, 9.17) is 9.47 Å². The fraction of sp³-hybridized carbons (Fsp3) is 0.647. The summed E-state index contributed by atoms with van der Waals surface area (Å²) in [5.74, 6) is 1.81. The van der Waals surface area contributed by atoms with E-state index < -0.39 is 0 Å². The molecular formula is C17H25NO2. The number of rotatable bonds is 4. The molecule has 3 nitrogen and oxygen atoms in total. The smallest absolute Gasteiger partial charge is 0.125 e. The van der Waals surface area contributed by atoms with Crippen LogP contribution in [0.1, 0.15) is 24.0 Å². The monoisotopic (exact) mass is 275 g/mol. The van der Waals surface area contributed by atoms with Crippen LogP contribution in [0.25, 0.3) is 0 Å². The molecule has 0 unspecified atom stereocenters. The maximum Gasteiger partial charge on any atom is 0.125 e. The SMILES string of the molecule is Cc1cccc(C)c1OC1CN(C[C@H]2CCCOC2)C1. The molecule has 3 rings (SSSR count). The van der Waals surface area contributed by atoms with Gasteiger partial charge in [0.05, 0.1) is 6.61 Å². The number of aryl methyl sites for hydroxylation is 2. The summed E-state index contributed by atoms with van der Waals surface area (Å²) in [6.45, 7) is 9.44. The zero-order valence-electron chi connectivity index (χ0n) is 12.6. The largest absolute Gasteiger partial charge is 0.487 e. The Morgan fingerprint density at radius 3 is 2.65 bits per heavy atom. The molecule has 0 bridgehead atoms. The van der Waals surface area contributed by atoms with Gasteiger partial charge in [-0.15, -0.1) is 0 Å². The third kappa shape index (κ3) is 3.15. The lowest BCUT2D eigenvalue weighted by atomic mass is 9.99. The molecule has 0 aromatic heterocycles. The Kier molecular flexibility index (Phi) is 4.27. The fourth-order valence-electron chi connectivity index (χ4n) is 3.21. The van der Waals surface area contributed by atoms with Gasteiger partial charge in [-0.2, -0.15) is 0 Å². The van der Waals surface area contributed by atoms with E-state index in [1.165, 1.54) is 30.5 Å². The van der Waals surface area contributed by atoms with Crippen molar-refractivity contribution in [2.75, 3.05) is 32.8 Å². The van der Waals surface area contributed by atoms with Crippen molar-refractivity contribution in [2.45, 2.75) is 32.8 Å². The lowest BCUT2D eigenvalue weighted by molar-refractivity contribution is -0.0175. The molecule has 0 radical (unpaired) electrons. The first-order valence-corrected chi connectivity index (χ1v) is 7.75. The van der Waals surface area contributed by atoms with Crippen LogP contribution in [0.4, 0.5) is 0 Å².